The van der Waals surface area contributed by atoms with E-state index >= 15 is 0 Å². The van der Waals surface area contributed by atoms with Crippen molar-refractivity contribution in [3.8, 4) is 5.75 Å². The van der Waals surface area contributed by atoms with Crippen molar-refractivity contribution < 1.29 is 36.7 Å². The predicted octanol–water partition coefficient (Wildman–Crippen LogP) is 2.50. The fraction of sp³-hybridized carbons (Fsp3) is 0.321. The van der Waals surface area contributed by atoms with Crippen molar-refractivity contribution in [3.63, 3.8) is 0 Å². The van der Waals surface area contributed by atoms with Crippen LogP contribution in [0.4, 0.5) is 0 Å². The standard InChI is InChI=1S/C28H29N3O8S/c1-37-20-8-4-7-19(15-20)17-30(25(32)18-31-28(34)22-10-2-3-12-24(22)40(31,35)36)26(23-11-6-14-39-23)27(33)29-16-21-9-5-13-38-21/h2-4,6-8,10-12,14-15,21,26H,5,9,13,16-18H2,1H3,(H,29,33)/t21-,26+/m1/s1. The highest BCUT2D eigenvalue weighted by Crippen LogP contribution is 2.31. The second-order valence-electron chi connectivity index (χ2n) is 9.48. The second-order valence-corrected chi connectivity index (χ2v) is 11.3. The molecule has 11 nitrogen and oxygen atoms in total. The molecular formula is C28H29N3O8S. The van der Waals surface area contributed by atoms with E-state index in [0.29, 0.717) is 22.2 Å². The minimum absolute atomic E-state index is 0.00784. The number of furan rings is 1. The van der Waals surface area contributed by atoms with Crippen molar-refractivity contribution in [2.24, 2.45) is 0 Å². The average molecular weight is 568 g/mol. The predicted molar refractivity (Wildman–Crippen MR) is 142 cm³/mol. The number of fused-ring (bicyclic) bond motifs is 1. The number of ether oxygens (including phenoxy) is 2. The van der Waals surface area contributed by atoms with Crippen molar-refractivity contribution in [2.45, 2.75) is 36.4 Å². The summed E-state index contributed by atoms with van der Waals surface area (Å²) in [6.07, 6.45) is 2.93. The zero-order valence-corrected chi connectivity index (χ0v) is 22.6. The minimum Gasteiger partial charge on any atom is -0.497 e. The van der Waals surface area contributed by atoms with E-state index < -0.39 is 40.3 Å². The quantitative estimate of drug-likeness (QED) is 0.395. The third-order valence-electron chi connectivity index (χ3n) is 6.90. The number of methoxy groups -OCH3 is 1. The van der Waals surface area contributed by atoms with Gasteiger partial charge in [0, 0.05) is 19.7 Å². The molecule has 0 radical (unpaired) electrons. The molecule has 2 aliphatic heterocycles. The SMILES string of the molecule is COc1cccc(CN(C(=O)CN2C(=O)c3ccccc3S2(=O)=O)[C@H](C(=O)NC[C@H]2CCCO2)c2ccco2)c1. The van der Waals surface area contributed by atoms with Gasteiger partial charge in [-0.1, -0.05) is 24.3 Å². The number of amides is 3. The molecule has 2 aliphatic rings. The Bertz CT molecular complexity index is 1500. The number of carbonyl (C=O) groups excluding carboxylic acids is 3. The Labute approximate surface area is 231 Å². The molecule has 0 saturated carbocycles. The van der Waals surface area contributed by atoms with Gasteiger partial charge in [-0.2, -0.15) is 0 Å². The van der Waals surface area contributed by atoms with E-state index in [9.17, 15) is 22.8 Å². The van der Waals surface area contributed by atoms with Crippen LogP contribution < -0.4 is 10.1 Å². The maximum atomic E-state index is 13.9. The lowest BCUT2D eigenvalue weighted by Gasteiger charge is -2.31. The van der Waals surface area contributed by atoms with Crippen molar-refractivity contribution >= 4 is 27.7 Å². The van der Waals surface area contributed by atoms with E-state index in [0.717, 1.165) is 12.8 Å². The highest BCUT2D eigenvalue weighted by atomic mass is 32.2. The summed E-state index contributed by atoms with van der Waals surface area (Å²) < 4.78 is 43.4. The molecule has 3 amide bonds. The average Bonchev–Trinajstić information content (AvgIpc) is 3.72. The molecule has 3 heterocycles. The molecule has 0 aliphatic carbocycles. The van der Waals surface area contributed by atoms with Crippen LogP contribution in [0.1, 0.15) is 40.6 Å². The normalized spacial score (nSPS) is 18.3. The van der Waals surface area contributed by atoms with Crippen molar-refractivity contribution in [1.82, 2.24) is 14.5 Å². The molecule has 1 saturated heterocycles. The first-order chi connectivity index (χ1) is 19.3. The molecule has 1 fully saturated rings. The van der Waals surface area contributed by atoms with Crippen LogP contribution in [0.15, 0.2) is 76.2 Å². The van der Waals surface area contributed by atoms with Crippen LogP contribution in [0, 0.1) is 0 Å². The Morgan fingerprint density at radius 2 is 1.98 bits per heavy atom. The molecule has 40 heavy (non-hydrogen) atoms. The molecule has 0 bridgehead atoms. The molecule has 1 aromatic heterocycles. The van der Waals surface area contributed by atoms with Gasteiger partial charge in [0.25, 0.3) is 21.8 Å². The number of nitrogens with zero attached hydrogens (tertiary/aromatic N) is 2. The molecule has 2 atom stereocenters. The van der Waals surface area contributed by atoms with Gasteiger partial charge >= 0.3 is 0 Å². The summed E-state index contributed by atoms with van der Waals surface area (Å²) >= 11 is 0. The zero-order chi connectivity index (χ0) is 28.3. The smallest absolute Gasteiger partial charge is 0.269 e. The van der Waals surface area contributed by atoms with Crippen LogP contribution in [0.25, 0.3) is 0 Å². The number of hydrogen-bond donors (Lipinski definition) is 1. The van der Waals surface area contributed by atoms with E-state index in [-0.39, 0.29) is 35.4 Å². The number of nitrogens with one attached hydrogen (secondary N) is 1. The van der Waals surface area contributed by atoms with Gasteiger partial charge in [-0.15, -0.1) is 0 Å². The van der Waals surface area contributed by atoms with Crippen LogP contribution >= 0.6 is 0 Å². The van der Waals surface area contributed by atoms with Crippen LogP contribution in [0.5, 0.6) is 5.75 Å². The first kappa shape index (κ1) is 27.4. The van der Waals surface area contributed by atoms with E-state index in [1.165, 1.54) is 36.5 Å². The summed E-state index contributed by atoms with van der Waals surface area (Å²) in [6, 6.07) is 14.6. The molecule has 5 rings (SSSR count). The number of carbonyl (C=O) groups is 3. The van der Waals surface area contributed by atoms with Crippen LogP contribution in [-0.4, -0.2) is 68.3 Å². The van der Waals surface area contributed by atoms with Crippen molar-refractivity contribution in [1.29, 1.82) is 0 Å². The van der Waals surface area contributed by atoms with Crippen molar-refractivity contribution in [3.05, 3.63) is 83.8 Å². The number of benzene rings is 2. The highest BCUT2D eigenvalue weighted by Gasteiger charge is 2.44. The summed E-state index contributed by atoms with van der Waals surface area (Å²) in [6.45, 7) is -0.0331. The molecule has 0 unspecified atom stereocenters. The topological polar surface area (TPSA) is 135 Å². The van der Waals surface area contributed by atoms with Gasteiger partial charge in [-0.05, 0) is 54.8 Å². The molecule has 0 spiro atoms. The van der Waals surface area contributed by atoms with Gasteiger partial charge < -0.3 is 24.1 Å². The Morgan fingerprint density at radius 3 is 2.67 bits per heavy atom. The van der Waals surface area contributed by atoms with E-state index in [4.69, 9.17) is 13.9 Å². The molecular weight excluding hydrogens is 538 g/mol. The first-order valence-corrected chi connectivity index (χ1v) is 14.2. The molecule has 12 heteroatoms. The van der Waals surface area contributed by atoms with E-state index in [1.54, 1.807) is 42.5 Å². The van der Waals surface area contributed by atoms with Gasteiger partial charge in [0.15, 0.2) is 6.04 Å². The minimum atomic E-state index is -4.25. The summed E-state index contributed by atoms with van der Waals surface area (Å²) in [4.78, 5) is 41.6. The van der Waals surface area contributed by atoms with Gasteiger partial charge in [0.2, 0.25) is 5.91 Å². The van der Waals surface area contributed by atoms with Gasteiger partial charge in [0.1, 0.15) is 22.9 Å². The third-order valence-corrected chi connectivity index (χ3v) is 8.69. The monoisotopic (exact) mass is 567 g/mol. The lowest BCUT2D eigenvalue weighted by Crippen LogP contribution is -2.48. The third kappa shape index (κ3) is 5.45. The highest BCUT2D eigenvalue weighted by molar-refractivity contribution is 7.90. The maximum Gasteiger partial charge on any atom is 0.269 e. The lowest BCUT2D eigenvalue weighted by atomic mass is 10.1. The molecule has 3 aromatic rings. The Morgan fingerprint density at radius 1 is 1.15 bits per heavy atom. The lowest BCUT2D eigenvalue weighted by molar-refractivity contribution is -0.142. The molecule has 2 aromatic carbocycles. The number of sulfonamides is 1. The summed E-state index contributed by atoms with van der Waals surface area (Å²) in [5.41, 5.74) is 0.613. The number of hydrogen-bond acceptors (Lipinski definition) is 8. The summed E-state index contributed by atoms with van der Waals surface area (Å²) in [5, 5.41) is 2.85. The fourth-order valence-electron chi connectivity index (χ4n) is 4.88. The molecule has 210 valence electrons. The zero-order valence-electron chi connectivity index (χ0n) is 21.8. The van der Waals surface area contributed by atoms with Crippen LogP contribution in [0.3, 0.4) is 0 Å². The first-order valence-electron chi connectivity index (χ1n) is 12.8. The fourth-order valence-corrected chi connectivity index (χ4v) is 6.40. The Kier molecular flexibility index (Phi) is 7.90. The summed E-state index contributed by atoms with van der Waals surface area (Å²) in [7, 11) is -2.75. The Balaban J connectivity index is 1.48. The van der Waals surface area contributed by atoms with Gasteiger partial charge in [0.05, 0.1) is 25.0 Å². The molecule has 1 N–H and O–H groups in total. The Hall–Kier alpha value is -4.16. The van der Waals surface area contributed by atoms with Crippen molar-refractivity contribution in [2.75, 3.05) is 26.8 Å². The summed E-state index contributed by atoms with van der Waals surface area (Å²) in [5.74, 6) is -1.38. The van der Waals surface area contributed by atoms with Gasteiger partial charge in [-0.25, -0.2) is 12.7 Å². The van der Waals surface area contributed by atoms with Gasteiger partial charge in [-0.3, -0.25) is 14.4 Å². The number of rotatable bonds is 10. The largest absolute Gasteiger partial charge is 0.497 e. The van der Waals surface area contributed by atoms with E-state index in [2.05, 4.69) is 5.32 Å². The van der Waals surface area contributed by atoms with Crippen LogP contribution in [-0.2, 0) is 30.9 Å². The maximum absolute atomic E-state index is 13.9. The van der Waals surface area contributed by atoms with E-state index in [1.807, 2.05) is 0 Å². The van der Waals surface area contributed by atoms with Crippen LogP contribution in [0.2, 0.25) is 0 Å². The second kappa shape index (κ2) is 11.5.